The lowest BCUT2D eigenvalue weighted by molar-refractivity contribution is -0.128. The van der Waals surface area contributed by atoms with Gasteiger partial charge in [-0.1, -0.05) is 6.92 Å². The topological polar surface area (TPSA) is 99.2 Å². The van der Waals surface area contributed by atoms with Crippen molar-refractivity contribution in [3.63, 3.8) is 0 Å². The van der Waals surface area contributed by atoms with E-state index >= 15 is 0 Å². The predicted molar refractivity (Wildman–Crippen MR) is 65.9 cm³/mol. The van der Waals surface area contributed by atoms with Crippen LogP contribution in [-0.4, -0.2) is 34.8 Å². The number of aryl methyl sites for hydroxylation is 2. The Balaban J connectivity index is 2.91. The Hall–Kier alpha value is -2.05. The first-order valence-electron chi connectivity index (χ1n) is 5.66. The van der Waals surface area contributed by atoms with Crippen LogP contribution < -0.4 is 11.1 Å². The number of nitrogens with one attached hydrogen (secondary N) is 1. The molecule has 1 unspecified atom stereocenters. The third-order valence-corrected chi connectivity index (χ3v) is 2.59. The number of nitrogens with two attached hydrogens (primary N) is 1. The van der Waals surface area contributed by atoms with Crippen LogP contribution in [0.4, 0.5) is 5.69 Å². The van der Waals surface area contributed by atoms with E-state index in [0.717, 1.165) is 0 Å². The highest BCUT2D eigenvalue weighted by molar-refractivity contribution is 5.95. The minimum atomic E-state index is -0.873. The monoisotopic (exact) mass is 254 g/mol. The molecule has 100 valence electrons. The zero-order valence-electron chi connectivity index (χ0n) is 11.0. The largest absolute Gasteiger partial charge is 0.448 e. The van der Waals surface area contributed by atoms with E-state index in [4.69, 9.17) is 10.5 Å². The maximum atomic E-state index is 11.9. The van der Waals surface area contributed by atoms with Crippen molar-refractivity contribution in [2.45, 2.75) is 26.4 Å². The van der Waals surface area contributed by atoms with Gasteiger partial charge in [0.05, 0.1) is 11.4 Å². The smallest absolute Gasteiger partial charge is 0.359 e. The number of nitrogen functional groups attached to an aromatic ring is 1. The van der Waals surface area contributed by atoms with Gasteiger partial charge >= 0.3 is 5.97 Å². The van der Waals surface area contributed by atoms with Crippen molar-refractivity contribution in [1.29, 1.82) is 0 Å². The normalized spacial score (nSPS) is 12.0. The lowest BCUT2D eigenvalue weighted by atomic mass is 10.2. The number of aromatic nitrogens is 2. The van der Waals surface area contributed by atoms with E-state index in [0.29, 0.717) is 17.8 Å². The molecule has 0 aliphatic carbocycles. The van der Waals surface area contributed by atoms with Crippen molar-refractivity contribution in [1.82, 2.24) is 15.1 Å². The second-order valence-corrected chi connectivity index (χ2v) is 3.85. The molecule has 0 spiro atoms. The molecule has 3 N–H and O–H groups in total. The maximum Gasteiger partial charge on any atom is 0.359 e. The highest BCUT2D eigenvalue weighted by atomic mass is 16.5. The molecule has 0 aliphatic rings. The van der Waals surface area contributed by atoms with Gasteiger partial charge in [0.25, 0.3) is 5.91 Å². The van der Waals surface area contributed by atoms with E-state index in [2.05, 4.69) is 10.4 Å². The lowest BCUT2D eigenvalue weighted by Crippen LogP contribution is -2.33. The Kier molecular flexibility index (Phi) is 4.30. The van der Waals surface area contributed by atoms with Crippen LogP contribution in [0.2, 0.25) is 0 Å². The number of rotatable bonds is 4. The fraction of sp³-hybridized carbons (Fsp3) is 0.545. The molecule has 1 rings (SSSR count). The number of carbonyl (C=O) groups is 2. The van der Waals surface area contributed by atoms with Crippen molar-refractivity contribution in [3.8, 4) is 0 Å². The van der Waals surface area contributed by atoms with E-state index in [1.165, 1.54) is 18.7 Å². The average Bonchev–Trinajstić information content (AvgIpc) is 2.62. The highest BCUT2D eigenvalue weighted by Crippen LogP contribution is 2.18. The Morgan fingerprint density at radius 2 is 2.17 bits per heavy atom. The summed E-state index contributed by atoms with van der Waals surface area (Å²) in [5, 5.41) is 6.51. The van der Waals surface area contributed by atoms with Crippen molar-refractivity contribution in [2.75, 3.05) is 12.8 Å². The van der Waals surface area contributed by atoms with Crippen molar-refractivity contribution < 1.29 is 14.3 Å². The van der Waals surface area contributed by atoms with E-state index in [1.807, 2.05) is 6.92 Å². The molecule has 1 aromatic heterocycles. The third-order valence-electron chi connectivity index (χ3n) is 2.59. The summed E-state index contributed by atoms with van der Waals surface area (Å²) < 4.78 is 6.38. The minimum Gasteiger partial charge on any atom is -0.448 e. The Bertz CT molecular complexity index is 467. The zero-order chi connectivity index (χ0) is 13.9. The number of hydrogen-bond acceptors (Lipinski definition) is 5. The number of carbonyl (C=O) groups excluding carboxylic acids is 2. The molecule has 7 nitrogen and oxygen atoms in total. The molecule has 1 heterocycles. The Labute approximate surface area is 105 Å². The summed E-state index contributed by atoms with van der Waals surface area (Å²) in [7, 11) is 3.08. The summed E-state index contributed by atoms with van der Waals surface area (Å²) in [6.45, 7) is 3.38. The van der Waals surface area contributed by atoms with Crippen LogP contribution >= 0.6 is 0 Å². The van der Waals surface area contributed by atoms with E-state index in [1.54, 1.807) is 7.05 Å². The summed E-state index contributed by atoms with van der Waals surface area (Å²) in [5.74, 6) is -1.03. The third kappa shape index (κ3) is 2.61. The Morgan fingerprint density at radius 1 is 1.56 bits per heavy atom. The maximum absolute atomic E-state index is 11.9. The van der Waals surface area contributed by atoms with E-state index < -0.39 is 12.1 Å². The minimum absolute atomic E-state index is 0.169. The molecule has 0 fully saturated rings. The van der Waals surface area contributed by atoms with E-state index in [9.17, 15) is 9.59 Å². The van der Waals surface area contributed by atoms with Crippen LogP contribution in [0.1, 0.15) is 30.0 Å². The van der Waals surface area contributed by atoms with Gasteiger partial charge in [-0.2, -0.15) is 5.10 Å². The lowest BCUT2D eigenvalue weighted by Gasteiger charge is -2.11. The summed E-state index contributed by atoms with van der Waals surface area (Å²) in [6, 6.07) is 0. The molecule has 0 aromatic carbocycles. The van der Waals surface area contributed by atoms with Crippen LogP contribution in [0.15, 0.2) is 0 Å². The van der Waals surface area contributed by atoms with Crippen molar-refractivity contribution >= 4 is 17.6 Å². The highest BCUT2D eigenvalue weighted by Gasteiger charge is 2.24. The number of anilines is 1. The molecule has 1 atom stereocenters. The molecule has 18 heavy (non-hydrogen) atoms. The fourth-order valence-corrected chi connectivity index (χ4v) is 1.57. The standard InChI is InChI=1S/C11H18N4O3/c1-5-7-8(12)9(15(4)14-7)11(17)18-6(2)10(16)13-3/h6H,5,12H2,1-4H3,(H,13,16). The predicted octanol–water partition coefficient (Wildman–Crippen LogP) is -0.144. The summed E-state index contributed by atoms with van der Waals surface area (Å²) in [4.78, 5) is 23.2. The first-order chi connectivity index (χ1) is 8.42. The average molecular weight is 254 g/mol. The molecule has 0 saturated carbocycles. The molecule has 0 radical (unpaired) electrons. The van der Waals surface area contributed by atoms with Crippen LogP contribution in [0.5, 0.6) is 0 Å². The number of esters is 1. The van der Waals surface area contributed by atoms with Gasteiger partial charge in [-0.05, 0) is 13.3 Å². The molecule has 0 saturated heterocycles. The molecule has 0 aliphatic heterocycles. The number of likely N-dealkylation sites (N-methyl/N-ethyl adjacent to an activating group) is 1. The summed E-state index contributed by atoms with van der Waals surface area (Å²) in [5.41, 5.74) is 6.92. The summed E-state index contributed by atoms with van der Waals surface area (Å²) >= 11 is 0. The first-order valence-corrected chi connectivity index (χ1v) is 5.66. The van der Waals surface area contributed by atoms with Gasteiger partial charge in [-0.25, -0.2) is 4.79 Å². The van der Waals surface area contributed by atoms with Gasteiger partial charge < -0.3 is 15.8 Å². The van der Waals surface area contributed by atoms with Crippen molar-refractivity contribution in [3.05, 3.63) is 11.4 Å². The van der Waals surface area contributed by atoms with Crippen molar-refractivity contribution in [2.24, 2.45) is 7.05 Å². The second kappa shape index (κ2) is 5.52. The van der Waals surface area contributed by atoms with Crippen LogP contribution in [0.3, 0.4) is 0 Å². The number of ether oxygens (including phenoxy) is 1. The quantitative estimate of drug-likeness (QED) is 0.728. The second-order valence-electron chi connectivity index (χ2n) is 3.85. The van der Waals surface area contributed by atoms with Gasteiger partial charge in [0.15, 0.2) is 11.8 Å². The van der Waals surface area contributed by atoms with Gasteiger partial charge in [0.1, 0.15) is 0 Å². The molecule has 7 heteroatoms. The zero-order valence-corrected chi connectivity index (χ0v) is 11.0. The SMILES string of the molecule is CCc1nn(C)c(C(=O)OC(C)C(=O)NC)c1N. The molecular formula is C11H18N4O3. The fourth-order valence-electron chi connectivity index (χ4n) is 1.57. The Morgan fingerprint density at radius 3 is 2.61 bits per heavy atom. The van der Waals surface area contributed by atoms with Gasteiger partial charge in [-0.15, -0.1) is 0 Å². The van der Waals surface area contributed by atoms with Gasteiger partial charge in [0.2, 0.25) is 0 Å². The van der Waals surface area contributed by atoms with Gasteiger partial charge in [-0.3, -0.25) is 9.48 Å². The molecular weight excluding hydrogens is 236 g/mol. The van der Waals surface area contributed by atoms with Crippen LogP contribution in [0.25, 0.3) is 0 Å². The van der Waals surface area contributed by atoms with Crippen LogP contribution in [0, 0.1) is 0 Å². The number of nitrogens with zero attached hydrogens (tertiary/aromatic N) is 2. The summed E-state index contributed by atoms with van der Waals surface area (Å²) in [6.07, 6.45) is -0.250. The van der Waals surface area contributed by atoms with Crippen LogP contribution in [-0.2, 0) is 23.0 Å². The molecule has 0 bridgehead atoms. The molecule has 1 amide bonds. The van der Waals surface area contributed by atoms with Gasteiger partial charge in [0, 0.05) is 14.1 Å². The number of hydrogen-bond donors (Lipinski definition) is 2. The number of amides is 1. The molecule has 1 aromatic rings. The van der Waals surface area contributed by atoms with E-state index in [-0.39, 0.29) is 11.6 Å². The first kappa shape index (κ1) is 14.0.